The van der Waals surface area contributed by atoms with Crippen molar-refractivity contribution in [1.82, 2.24) is 4.98 Å². The van der Waals surface area contributed by atoms with Crippen molar-refractivity contribution in [2.75, 3.05) is 5.32 Å². The molecule has 1 N–H and O–H groups in total. The summed E-state index contributed by atoms with van der Waals surface area (Å²) in [5, 5.41) is 2.85. The molecule has 142 valence electrons. The number of rotatable bonds is 4. The molecule has 0 unspecified atom stereocenters. The molecule has 0 spiro atoms. The third-order valence-corrected chi connectivity index (χ3v) is 4.27. The molecule has 1 heterocycles. The summed E-state index contributed by atoms with van der Waals surface area (Å²) in [5.41, 5.74) is 0.494. The molecule has 0 atom stereocenters. The van der Waals surface area contributed by atoms with Gasteiger partial charge < -0.3 is 10.1 Å². The van der Waals surface area contributed by atoms with Crippen molar-refractivity contribution in [3.05, 3.63) is 52.8 Å². The third-order valence-electron chi connectivity index (χ3n) is 3.02. The lowest BCUT2D eigenvalue weighted by atomic mass is 10.2. The molecule has 0 saturated heterocycles. The minimum Gasteiger partial charge on any atom is -0.420 e. The average molecular weight is 429 g/mol. The molecule has 4 nitrogen and oxygen atoms in total. The molecular weight excluding hydrogens is 413 g/mol. The van der Waals surface area contributed by atoms with Crippen LogP contribution in [0, 0.1) is 11.5 Å². The first-order chi connectivity index (χ1) is 12.4. The third kappa shape index (κ3) is 7.17. The zero-order valence-electron chi connectivity index (χ0n) is 14.7. The quantitative estimate of drug-likeness (QED) is 0.307. The second-order valence-electron chi connectivity index (χ2n) is 6.59. The summed E-state index contributed by atoms with van der Waals surface area (Å²) >= 11 is 10.7. The molecule has 9 heteroatoms. The van der Waals surface area contributed by atoms with Crippen LogP contribution in [0.25, 0.3) is 0 Å². The Balaban J connectivity index is 2.15. The van der Waals surface area contributed by atoms with Crippen molar-refractivity contribution in [3.8, 4) is 17.2 Å². The van der Waals surface area contributed by atoms with E-state index >= 15 is 0 Å². The lowest BCUT2D eigenvalue weighted by molar-refractivity contribution is -0.0964. The minimum atomic E-state index is -3.80. The molecule has 2 rings (SSSR count). The van der Waals surface area contributed by atoms with Gasteiger partial charge in [-0.1, -0.05) is 37.2 Å². The highest BCUT2D eigenvalue weighted by Gasteiger charge is 2.27. The largest absolute Gasteiger partial charge is 0.487 e. The van der Waals surface area contributed by atoms with E-state index in [0.717, 1.165) is 0 Å². The molecule has 0 radical (unpaired) electrons. The van der Waals surface area contributed by atoms with Crippen molar-refractivity contribution in [3.63, 3.8) is 0 Å². The van der Waals surface area contributed by atoms with Crippen LogP contribution in [-0.4, -0.2) is 24.5 Å². The van der Waals surface area contributed by atoms with E-state index in [0.29, 0.717) is 11.3 Å². The first kappa shape index (κ1) is 21.2. The zero-order valence-corrected chi connectivity index (χ0v) is 17.3. The number of nitrogens with one attached hydrogen (secondary N) is 1. The highest BCUT2D eigenvalue weighted by atomic mass is 35.5. The SMILES string of the molecule is C[Si](C)(C)C#Cc1cc(C(=O)Nc2ccc(OC(F)(F)Cl)cc2)cnc1Cl. The molecule has 1 amide bonds. The molecule has 0 bridgehead atoms. The second kappa shape index (κ2) is 8.25. The van der Waals surface area contributed by atoms with Crippen LogP contribution in [-0.2, 0) is 0 Å². The van der Waals surface area contributed by atoms with Crippen LogP contribution in [0.5, 0.6) is 5.75 Å². The maximum Gasteiger partial charge on any atom is 0.487 e. The number of carbonyl (C=O) groups excluding carboxylic acids is 1. The van der Waals surface area contributed by atoms with Gasteiger partial charge in [0.25, 0.3) is 5.91 Å². The van der Waals surface area contributed by atoms with E-state index in [1.54, 1.807) is 6.07 Å². The topological polar surface area (TPSA) is 51.2 Å². The fourth-order valence-corrected chi connectivity index (χ4v) is 2.61. The van der Waals surface area contributed by atoms with Gasteiger partial charge in [0.05, 0.1) is 11.1 Å². The lowest BCUT2D eigenvalue weighted by Crippen LogP contribution is -2.16. The van der Waals surface area contributed by atoms with Crippen LogP contribution in [0.2, 0.25) is 24.8 Å². The number of benzene rings is 1. The predicted molar refractivity (Wildman–Crippen MR) is 105 cm³/mol. The van der Waals surface area contributed by atoms with Crippen molar-refractivity contribution < 1.29 is 18.3 Å². The van der Waals surface area contributed by atoms with Gasteiger partial charge in [-0.05, 0) is 30.3 Å². The van der Waals surface area contributed by atoms with Gasteiger partial charge in [0.1, 0.15) is 19.0 Å². The summed E-state index contributed by atoms with van der Waals surface area (Å²) in [6, 6.07) is 6.90. The number of amides is 1. The van der Waals surface area contributed by atoms with Gasteiger partial charge in [0, 0.05) is 23.5 Å². The average Bonchev–Trinajstić information content (AvgIpc) is 2.53. The molecule has 0 saturated carbocycles. The highest BCUT2D eigenvalue weighted by molar-refractivity contribution is 6.83. The van der Waals surface area contributed by atoms with E-state index in [1.165, 1.54) is 30.5 Å². The summed E-state index contributed by atoms with van der Waals surface area (Å²) in [7, 11) is -1.61. The zero-order chi connectivity index (χ0) is 20.2. The number of hydrogen-bond donors (Lipinski definition) is 1. The molecule has 0 aliphatic carbocycles. The van der Waals surface area contributed by atoms with E-state index in [1.807, 2.05) is 0 Å². The summed E-state index contributed by atoms with van der Waals surface area (Å²) < 4.78 is 29.4. The first-order valence-corrected chi connectivity index (χ1v) is 12.0. The maximum atomic E-state index is 12.6. The van der Waals surface area contributed by atoms with E-state index in [-0.39, 0.29) is 16.5 Å². The number of aromatic nitrogens is 1. The van der Waals surface area contributed by atoms with Crippen LogP contribution < -0.4 is 10.1 Å². The van der Waals surface area contributed by atoms with Gasteiger partial charge in [-0.2, -0.15) is 0 Å². The van der Waals surface area contributed by atoms with Crippen LogP contribution >= 0.6 is 23.2 Å². The Labute approximate surface area is 166 Å². The minimum absolute atomic E-state index is 0.134. The summed E-state index contributed by atoms with van der Waals surface area (Å²) in [6.07, 6.45) is 1.34. The molecule has 1 aromatic heterocycles. The van der Waals surface area contributed by atoms with Crippen LogP contribution in [0.15, 0.2) is 36.5 Å². The molecule has 0 aliphatic heterocycles. The molecule has 0 aliphatic rings. The number of nitrogens with zero attached hydrogens (tertiary/aromatic N) is 1. The monoisotopic (exact) mass is 428 g/mol. The number of ether oxygens (including phenoxy) is 1. The number of pyridine rings is 1. The van der Waals surface area contributed by atoms with Gasteiger partial charge in [0.2, 0.25) is 0 Å². The molecule has 0 fully saturated rings. The Bertz CT molecular complexity index is 899. The summed E-state index contributed by atoms with van der Waals surface area (Å²) in [6.45, 7) is 6.27. The second-order valence-corrected chi connectivity index (χ2v) is 12.1. The Morgan fingerprint density at radius 2 is 1.89 bits per heavy atom. The molecule has 2 aromatic rings. The predicted octanol–water partition coefficient (Wildman–Crippen LogP) is 5.38. The summed E-state index contributed by atoms with van der Waals surface area (Å²) in [4.78, 5) is 16.4. The van der Waals surface area contributed by atoms with Crippen molar-refractivity contribution >= 4 is 42.9 Å². The highest BCUT2D eigenvalue weighted by Crippen LogP contribution is 2.26. The van der Waals surface area contributed by atoms with Gasteiger partial charge >= 0.3 is 5.57 Å². The normalized spacial score (nSPS) is 11.4. The number of hydrogen-bond acceptors (Lipinski definition) is 3. The fourth-order valence-electron chi connectivity index (χ4n) is 1.86. The van der Waals surface area contributed by atoms with Gasteiger partial charge in [0.15, 0.2) is 0 Å². The smallest absolute Gasteiger partial charge is 0.420 e. The van der Waals surface area contributed by atoms with E-state index in [4.69, 9.17) is 23.2 Å². The van der Waals surface area contributed by atoms with E-state index < -0.39 is 19.5 Å². The number of carbonyl (C=O) groups is 1. The van der Waals surface area contributed by atoms with Gasteiger partial charge in [-0.15, -0.1) is 14.3 Å². The maximum absolute atomic E-state index is 12.6. The van der Waals surface area contributed by atoms with Gasteiger partial charge in [-0.25, -0.2) is 4.98 Å². The Morgan fingerprint density at radius 3 is 2.44 bits per heavy atom. The Hall–Kier alpha value is -2.14. The van der Waals surface area contributed by atoms with E-state index in [9.17, 15) is 13.6 Å². The van der Waals surface area contributed by atoms with Crippen molar-refractivity contribution in [2.24, 2.45) is 0 Å². The van der Waals surface area contributed by atoms with Crippen molar-refractivity contribution in [1.29, 1.82) is 0 Å². The fraction of sp³-hybridized carbons (Fsp3) is 0.222. The number of alkyl halides is 3. The molecule has 27 heavy (non-hydrogen) atoms. The Morgan fingerprint density at radius 1 is 1.26 bits per heavy atom. The van der Waals surface area contributed by atoms with Crippen molar-refractivity contribution in [2.45, 2.75) is 25.2 Å². The van der Waals surface area contributed by atoms with E-state index in [2.05, 4.69) is 46.1 Å². The number of halogens is 4. The molecule has 1 aromatic carbocycles. The van der Waals surface area contributed by atoms with Crippen LogP contribution in [0.3, 0.4) is 0 Å². The first-order valence-electron chi connectivity index (χ1n) is 7.79. The standard InChI is InChI=1S/C18H16Cl2F2N2O2Si/c1-27(2,3)9-8-12-10-13(11-23-16(12)19)17(25)24-14-4-6-15(7-5-14)26-18(20,21)22/h4-7,10-11H,1-3H3,(H,24,25). The molecular formula is C18H16Cl2F2N2O2Si. The van der Waals surface area contributed by atoms with Crippen LogP contribution in [0.1, 0.15) is 15.9 Å². The lowest BCUT2D eigenvalue weighted by Gasteiger charge is -2.11. The summed E-state index contributed by atoms with van der Waals surface area (Å²) in [5.74, 6) is 2.41. The van der Waals surface area contributed by atoms with Gasteiger partial charge in [-0.3, -0.25) is 4.79 Å². The Kier molecular flexibility index (Phi) is 6.47. The number of anilines is 1. The van der Waals surface area contributed by atoms with Crippen LogP contribution in [0.4, 0.5) is 14.5 Å².